The minimum atomic E-state index is 0. The lowest BCUT2D eigenvalue weighted by molar-refractivity contribution is 0.0583. The maximum absolute atomic E-state index is 13.3. The highest BCUT2D eigenvalue weighted by atomic mass is 35.5. The van der Waals surface area contributed by atoms with E-state index in [1.165, 1.54) is 5.56 Å². The van der Waals surface area contributed by atoms with Crippen molar-refractivity contribution >= 4 is 18.3 Å². The molecule has 27 heavy (non-hydrogen) atoms. The fourth-order valence-electron chi connectivity index (χ4n) is 4.38. The summed E-state index contributed by atoms with van der Waals surface area (Å²) in [6.45, 7) is 9.15. The monoisotopic (exact) mass is 389 g/mol. The number of aromatic nitrogens is 1. The van der Waals surface area contributed by atoms with Crippen LogP contribution in [-0.4, -0.2) is 34.0 Å². The zero-order valence-electron chi connectivity index (χ0n) is 16.8. The van der Waals surface area contributed by atoms with Crippen molar-refractivity contribution in [1.29, 1.82) is 0 Å². The number of amides is 1. The maximum Gasteiger partial charge on any atom is 0.255 e. The Morgan fingerprint density at radius 1 is 1.15 bits per heavy atom. The molecule has 3 atom stereocenters. The molecule has 148 valence electrons. The molecule has 1 saturated heterocycles. The van der Waals surface area contributed by atoms with E-state index in [1.807, 2.05) is 24.0 Å². The molecule has 1 aliphatic heterocycles. The minimum absolute atomic E-state index is 0. The molecule has 5 heteroatoms. The number of carbonyl (C=O) groups is 1. The molecule has 4 nitrogen and oxygen atoms in total. The average Bonchev–Trinajstić information content (AvgIpc) is 2.95. The Balaban J connectivity index is 0.00000261. The molecule has 2 aromatic rings. The predicted octanol–water partition coefficient (Wildman–Crippen LogP) is 4.48. The lowest BCUT2D eigenvalue weighted by Crippen LogP contribution is -2.51. The van der Waals surface area contributed by atoms with Crippen LogP contribution in [0.1, 0.15) is 66.5 Å². The van der Waals surface area contributed by atoms with E-state index >= 15 is 0 Å². The van der Waals surface area contributed by atoms with Crippen molar-refractivity contribution in [3.05, 3.63) is 58.9 Å². The Kier molecular flexibility index (Phi) is 7.12. The molecule has 0 radical (unpaired) electrons. The van der Waals surface area contributed by atoms with Gasteiger partial charge in [0, 0.05) is 30.0 Å². The molecular weight excluding hydrogens is 358 g/mol. The van der Waals surface area contributed by atoms with Gasteiger partial charge in [0.05, 0.1) is 11.6 Å². The van der Waals surface area contributed by atoms with E-state index in [2.05, 4.69) is 49.6 Å². The summed E-state index contributed by atoms with van der Waals surface area (Å²) in [6.07, 6.45) is 3.22. The van der Waals surface area contributed by atoms with Crippen LogP contribution in [0.3, 0.4) is 0 Å². The Morgan fingerprint density at radius 3 is 2.44 bits per heavy atom. The largest absolute Gasteiger partial charge is 0.341 e. The number of rotatable bonds is 4. The zero-order valence-corrected chi connectivity index (χ0v) is 17.6. The summed E-state index contributed by atoms with van der Waals surface area (Å²) in [4.78, 5) is 15.3. The number of piperidine rings is 1. The Labute approximate surface area is 169 Å². The summed E-state index contributed by atoms with van der Waals surface area (Å²) in [5.74, 6) is 0.131. The average molecular weight is 390 g/mol. The molecule has 3 rings (SSSR count). The van der Waals surface area contributed by atoms with Gasteiger partial charge in [0.2, 0.25) is 0 Å². The molecule has 2 heterocycles. The fraction of sp³-hybridized carbons (Fsp3) is 0.500. The molecule has 1 fully saturated rings. The summed E-state index contributed by atoms with van der Waals surface area (Å²) in [5, 5.41) is 0. The molecule has 3 unspecified atom stereocenters. The molecule has 2 N–H and O–H groups in total. The minimum Gasteiger partial charge on any atom is -0.341 e. The standard InChI is InChI=1S/C22H31N3O.ClH/c1-15-14-20(22(26)24-13-9-8-12-21(24)16(2)23)18(4)25(15)17(3)19-10-6-5-7-11-19;/h5-7,10-11,14,16-17,21H,8-9,12-13,23H2,1-4H3;1H. The number of hydrogen-bond donors (Lipinski definition) is 1. The van der Waals surface area contributed by atoms with Crippen molar-refractivity contribution < 1.29 is 4.79 Å². The van der Waals surface area contributed by atoms with Crippen LogP contribution in [0.25, 0.3) is 0 Å². The molecule has 0 bridgehead atoms. The van der Waals surface area contributed by atoms with E-state index in [4.69, 9.17) is 5.73 Å². The van der Waals surface area contributed by atoms with E-state index in [9.17, 15) is 4.79 Å². The van der Waals surface area contributed by atoms with Crippen LogP contribution in [0, 0.1) is 13.8 Å². The maximum atomic E-state index is 13.3. The SMILES string of the molecule is Cc1cc(C(=O)N2CCCCC2C(C)N)c(C)n1C(C)c1ccccc1.Cl. The van der Waals surface area contributed by atoms with Gasteiger partial charge in [-0.2, -0.15) is 0 Å². The summed E-state index contributed by atoms with van der Waals surface area (Å²) >= 11 is 0. The highest BCUT2D eigenvalue weighted by molar-refractivity contribution is 5.96. The van der Waals surface area contributed by atoms with E-state index in [1.54, 1.807) is 0 Å². The first-order chi connectivity index (χ1) is 12.4. The van der Waals surface area contributed by atoms with Gasteiger partial charge in [-0.3, -0.25) is 4.79 Å². The molecule has 1 amide bonds. The van der Waals surface area contributed by atoms with Crippen molar-refractivity contribution in [3.8, 4) is 0 Å². The molecule has 1 aliphatic rings. The molecule has 1 aromatic carbocycles. The number of halogens is 1. The number of benzene rings is 1. The van der Waals surface area contributed by atoms with Gasteiger partial charge in [-0.15, -0.1) is 12.4 Å². The number of carbonyl (C=O) groups excluding carboxylic acids is 1. The van der Waals surface area contributed by atoms with Gasteiger partial charge in [0.1, 0.15) is 0 Å². The van der Waals surface area contributed by atoms with Crippen molar-refractivity contribution in [3.63, 3.8) is 0 Å². The van der Waals surface area contributed by atoms with Crippen LogP contribution in [0.5, 0.6) is 0 Å². The summed E-state index contributed by atoms with van der Waals surface area (Å²) in [5.41, 5.74) is 10.4. The molecule has 0 spiro atoms. The molecule has 1 aromatic heterocycles. The van der Waals surface area contributed by atoms with Crippen LogP contribution in [0.2, 0.25) is 0 Å². The van der Waals surface area contributed by atoms with E-state index in [0.29, 0.717) is 0 Å². The third-order valence-electron chi connectivity index (χ3n) is 5.80. The van der Waals surface area contributed by atoms with Gasteiger partial charge < -0.3 is 15.2 Å². The second-order valence-corrected chi connectivity index (χ2v) is 7.66. The number of aryl methyl sites for hydroxylation is 1. The van der Waals surface area contributed by atoms with E-state index in [-0.39, 0.29) is 36.4 Å². The third-order valence-corrected chi connectivity index (χ3v) is 5.80. The summed E-state index contributed by atoms with van der Waals surface area (Å²) in [7, 11) is 0. The Morgan fingerprint density at radius 2 is 1.81 bits per heavy atom. The number of nitrogens with zero attached hydrogens (tertiary/aromatic N) is 2. The number of hydrogen-bond acceptors (Lipinski definition) is 2. The Hall–Kier alpha value is -1.78. The van der Waals surface area contributed by atoms with Crippen molar-refractivity contribution in [2.24, 2.45) is 5.73 Å². The van der Waals surface area contributed by atoms with Gasteiger partial charge in [0.25, 0.3) is 5.91 Å². The first-order valence-corrected chi connectivity index (χ1v) is 9.71. The smallest absolute Gasteiger partial charge is 0.255 e. The van der Waals surface area contributed by atoms with Crippen LogP contribution in [0.4, 0.5) is 0 Å². The Bertz CT molecular complexity index is 769. The van der Waals surface area contributed by atoms with Gasteiger partial charge in [-0.1, -0.05) is 30.3 Å². The number of nitrogens with two attached hydrogens (primary N) is 1. The van der Waals surface area contributed by atoms with Crippen LogP contribution >= 0.6 is 12.4 Å². The predicted molar refractivity (Wildman–Crippen MR) is 114 cm³/mol. The highest BCUT2D eigenvalue weighted by Gasteiger charge is 2.32. The third kappa shape index (κ3) is 4.22. The molecule has 0 aliphatic carbocycles. The quantitative estimate of drug-likeness (QED) is 0.838. The highest BCUT2D eigenvalue weighted by Crippen LogP contribution is 2.28. The van der Waals surface area contributed by atoms with Gasteiger partial charge in [-0.05, 0) is 58.6 Å². The van der Waals surface area contributed by atoms with Crippen LogP contribution in [-0.2, 0) is 0 Å². The zero-order chi connectivity index (χ0) is 18.8. The second-order valence-electron chi connectivity index (χ2n) is 7.66. The molecule has 0 saturated carbocycles. The van der Waals surface area contributed by atoms with Gasteiger partial charge in [0.15, 0.2) is 0 Å². The lowest BCUT2D eigenvalue weighted by Gasteiger charge is -2.38. The van der Waals surface area contributed by atoms with E-state index in [0.717, 1.165) is 42.8 Å². The van der Waals surface area contributed by atoms with Gasteiger partial charge >= 0.3 is 0 Å². The number of likely N-dealkylation sites (tertiary alicyclic amines) is 1. The first-order valence-electron chi connectivity index (χ1n) is 9.71. The van der Waals surface area contributed by atoms with Gasteiger partial charge in [-0.25, -0.2) is 0 Å². The van der Waals surface area contributed by atoms with Crippen molar-refractivity contribution in [1.82, 2.24) is 9.47 Å². The van der Waals surface area contributed by atoms with Crippen molar-refractivity contribution in [2.75, 3.05) is 6.54 Å². The normalized spacial score (nSPS) is 19.3. The summed E-state index contributed by atoms with van der Waals surface area (Å²) < 4.78 is 2.27. The first kappa shape index (κ1) is 21.5. The van der Waals surface area contributed by atoms with Crippen molar-refractivity contribution in [2.45, 2.75) is 65.1 Å². The lowest BCUT2D eigenvalue weighted by atomic mass is 9.96. The second kappa shape index (κ2) is 8.94. The fourth-order valence-corrected chi connectivity index (χ4v) is 4.38. The topological polar surface area (TPSA) is 51.3 Å². The van der Waals surface area contributed by atoms with E-state index < -0.39 is 0 Å². The van der Waals surface area contributed by atoms with Crippen LogP contribution < -0.4 is 5.73 Å². The molecular formula is C22H32ClN3O. The summed E-state index contributed by atoms with van der Waals surface area (Å²) in [6, 6.07) is 12.8. The van der Waals surface area contributed by atoms with Crippen LogP contribution in [0.15, 0.2) is 36.4 Å².